The summed E-state index contributed by atoms with van der Waals surface area (Å²) >= 11 is 0. The van der Waals surface area contributed by atoms with Crippen molar-refractivity contribution < 1.29 is 23.5 Å². The fraction of sp³-hybridized carbons (Fsp3) is 0.250. The van der Waals surface area contributed by atoms with Crippen LogP contribution >= 0.6 is 0 Å². The number of Topliss-reactive ketones (excluding diaryl/α,β-unsaturated/α-hetero) is 2. The number of ether oxygens (including phenoxy) is 1. The number of benzene rings is 1. The fourth-order valence-electron chi connectivity index (χ4n) is 2.71. The first-order valence-corrected chi connectivity index (χ1v) is 7.67. The highest BCUT2D eigenvalue weighted by atomic mass is 19.1. The van der Waals surface area contributed by atoms with E-state index < -0.39 is 35.0 Å². The molecule has 1 aliphatic carbocycles. The Hall–Kier alpha value is -3.00. The van der Waals surface area contributed by atoms with Crippen LogP contribution in [0.2, 0.25) is 0 Å². The lowest BCUT2D eigenvalue weighted by Crippen LogP contribution is -2.50. The third kappa shape index (κ3) is 3.29. The molecule has 0 saturated heterocycles. The Morgan fingerprint density at radius 1 is 1.20 bits per heavy atom. The number of hydrogen-bond acceptors (Lipinski definition) is 4. The molecular formula is C20H17FO4. The average molecular weight is 340 g/mol. The van der Waals surface area contributed by atoms with Gasteiger partial charge in [-0.2, -0.15) is 0 Å². The maximum atomic E-state index is 13.3. The van der Waals surface area contributed by atoms with Crippen molar-refractivity contribution >= 4 is 17.5 Å². The number of allylic oxidation sites excluding steroid dienone is 4. The summed E-state index contributed by atoms with van der Waals surface area (Å²) in [6.07, 6.45) is 10.9. The molecule has 0 N–H and O–H groups in total. The van der Waals surface area contributed by atoms with Crippen LogP contribution in [0.1, 0.15) is 19.4 Å². The van der Waals surface area contributed by atoms with E-state index in [0.29, 0.717) is 0 Å². The lowest BCUT2D eigenvalue weighted by atomic mass is 9.67. The van der Waals surface area contributed by atoms with Gasteiger partial charge in [0.2, 0.25) is 5.78 Å². The van der Waals surface area contributed by atoms with Gasteiger partial charge in [-0.15, -0.1) is 6.42 Å². The zero-order chi connectivity index (χ0) is 18.6. The summed E-state index contributed by atoms with van der Waals surface area (Å²) in [4.78, 5) is 37.2. The van der Waals surface area contributed by atoms with Gasteiger partial charge < -0.3 is 4.74 Å². The van der Waals surface area contributed by atoms with Gasteiger partial charge >= 0.3 is 5.97 Å². The van der Waals surface area contributed by atoms with Gasteiger partial charge in [0.05, 0.1) is 0 Å². The molecule has 25 heavy (non-hydrogen) atoms. The molecule has 1 aromatic carbocycles. The van der Waals surface area contributed by atoms with Gasteiger partial charge in [0.25, 0.3) is 0 Å². The number of carbonyl (C=O) groups excluding carboxylic acids is 3. The highest BCUT2D eigenvalue weighted by molar-refractivity contribution is 6.18. The lowest BCUT2D eigenvalue weighted by Gasteiger charge is -2.33. The van der Waals surface area contributed by atoms with Crippen molar-refractivity contribution in [1.29, 1.82) is 0 Å². The van der Waals surface area contributed by atoms with Crippen LogP contribution in [-0.2, 0) is 24.5 Å². The zero-order valence-corrected chi connectivity index (χ0v) is 13.9. The van der Waals surface area contributed by atoms with Crippen molar-refractivity contribution in [2.24, 2.45) is 5.92 Å². The Bertz CT molecular complexity index is 786. The minimum absolute atomic E-state index is 0.207. The number of esters is 1. The maximum Gasteiger partial charge on any atom is 0.326 e. The van der Waals surface area contributed by atoms with Gasteiger partial charge in [-0.25, -0.2) is 4.39 Å². The van der Waals surface area contributed by atoms with Gasteiger partial charge in [-0.05, 0) is 37.5 Å². The summed E-state index contributed by atoms with van der Waals surface area (Å²) in [6, 6.07) is 4.92. The van der Waals surface area contributed by atoms with E-state index in [1.54, 1.807) is 24.3 Å². The molecule has 0 amide bonds. The molecule has 0 bridgehead atoms. The van der Waals surface area contributed by atoms with E-state index >= 15 is 0 Å². The Labute approximate surface area is 145 Å². The molecule has 2 unspecified atom stereocenters. The van der Waals surface area contributed by atoms with Crippen molar-refractivity contribution in [3.63, 3.8) is 0 Å². The van der Waals surface area contributed by atoms with Crippen molar-refractivity contribution in [3.8, 4) is 12.3 Å². The molecule has 5 heteroatoms. The number of hydrogen-bond donors (Lipinski definition) is 0. The summed E-state index contributed by atoms with van der Waals surface area (Å²) in [5, 5.41) is 0. The molecule has 4 nitrogen and oxygen atoms in total. The van der Waals surface area contributed by atoms with Crippen LogP contribution in [0.25, 0.3) is 0 Å². The monoisotopic (exact) mass is 340 g/mol. The number of rotatable bonds is 6. The predicted molar refractivity (Wildman–Crippen MR) is 89.9 cm³/mol. The van der Waals surface area contributed by atoms with Crippen molar-refractivity contribution in [2.45, 2.75) is 25.4 Å². The van der Waals surface area contributed by atoms with Gasteiger partial charge in [0.15, 0.2) is 17.3 Å². The van der Waals surface area contributed by atoms with Crippen molar-refractivity contribution in [2.75, 3.05) is 0 Å². The molecule has 2 atom stereocenters. The lowest BCUT2D eigenvalue weighted by molar-refractivity contribution is -0.162. The SMILES string of the molecule is C#CC(=O)C(C(=O)OC(C)C(C)=O)(c1ccc(F)cc1)C1C=CC=C1. The number of terminal acetylenes is 1. The zero-order valence-electron chi connectivity index (χ0n) is 13.9. The second-order valence-corrected chi connectivity index (χ2v) is 5.74. The Balaban J connectivity index is 2.65. The van der Waals surface area contributed by atoms with Crippen LogP contribution in [0.4, 0.5) is 4.39 Å². The highest BCUT2D eigenvalue weighted by Gasteiger charge is 2.53. The maximum absolute atomic E-state index is 13.3. The van der Waals surface area contributed by atoms with Gasteiger partial charge in [-0.3, -0.25) is 14.4 Å². The molecule has 0 spiro atoms. The van der Waals surface area contributed by atoms with E-state index in [4.69, 9.17) is 11.2 Å². The van der Waals surface area contributed by atoms with E-state index in [0.717, 1.165) is 12.1 Å². The topological polar surface area (TPSA) is 60.4 Å². The molecule has 0 radical (unpaired) electrons. The number of carbonyl (C=O) groups is 3. The van der Waals surface area contributed by atoms with Gasteiger partial charge in [0.1, 0.15) is 5.82 Å². The molecule has 2 rings (SSSR count). The molecule has 128 valence electrons. The number of ketones is 2. The van der Waals surface area contributed by atoms with Crippen molar-refractivity contribution in [1.82, 2.24) is 0 Å². The molecule has 0 heterocycles. The summed E-state index contributed by atoms with van der Waals surface area (Å²) < 4.78 is 18.6. The van der Waals surface area contributed by atoms with E-state index in [1.807, 2.05) is 5.92 Å². The van der Waals surface area contributed by atoms with Crippen LogP contribution in [0.3, 0.4) is 0 Å². The minimum atomic E-state index is -1.88. The molecule has 0 aromatic heterocycles. The summed E-state index contributed by atoms with van der Waals surface area (Å²) in [5.41, 5.74) is -1.67. The first-order valence-electron chi connectivity index (χ1n) is 7.67. The first kappa shape index (κ1) is 18.3. The highest BCUT2D eigenvalue weighted by Crippen LogP contribution is 2.39. The predicted octanol–water partition coefficient (Wildman–Crippen LogP) is 2.53. The van der Waals surface area contributed by atoms with Crippen LogP contribution < -0.4 is 0 Å². The largest absolute Gasteiger partial charge is 0.454 e. The summed E-state index contributed by atoms with van der Waals surface area (Å²) in [7, 11) is 0. The molecule has 1 aromatic rings. The molecule has 1 aliphatic rings. The Kier molecular flexibility index (Phi) is 5.33. The molecule has 0 aliphatic heterocycles. The van der Waals surface area contributed by atoms with Gasteiger partial charge in [-0.1, -0.05) is 36.4 Å². The van der Waals surface area contributed by atoms with E-state index in [1.165, 1.54) is 26.0 Å². The first-order chi connectivity index (χ1) is 11.8. The average Bonchev–Trinajstić information content (AvgIpc) is 3.11. The van der Waals surface area contributed by atoms with E-state index in [2.05, 4.69) is 0 Å². The minimum Gasteiger partial charge on any atom is -0.454 e. The molecule has 0 saturated carbocycles. The summed E-state index contributed by atoms with van der Waals surface area (Å²) in [5.74, 6) is -1.35. The standard InChI is InChI=1S/C20H17FO4/c1-4-18(23)20(15-7-5-6-8-15,16-9-11-17(21)12-10-16)19(24)25-14(3)13(2)22/h1,5-12,14-15H,2-3H3. The normalized spacial score (nSPS) is 16.7. The second kappa shape index (κ2) is 7.27. The molecule has 0 fully saturated rings. The Morgan fingerprint density at radius 2 is 1.76 bits per heavy atom. The van der Waals surface area contributed by atoms with Crippen LogP contribution in [0.5, 0.6) is 0 Å². The van der Waals surface area contributed by atoms with Crippen molar-refractivity contribution in [3.05, 3.63) is 60.0 Å². The number of halogens is 1. The van der Waals surface area contributed by atoms with E-state index in [-0.39, 0.29) is 11.3 Å². The van der Waals surface area contributed by atoms with Crippen LogP contribution in [0, 0.1) is 24.1 Å². The van der Waals surface area contributed by atoms with Gasteiger partial charge in [0, 0.05) is 5.92 Å². The van der Waals surface area contributed by atoms with Crippen LogP contribution in [0.15, 0.2) is 48.6 Å². The summed E-state index contributed by atoms with van der Waals surface area (Å²) in [6.45, 7) is 2.69. The second-order valence-electron chi connectivity index (χ2n) is 5.74. The quantitative estimate of drug-likeness (QED) is 0.346. The molecular weight excluding hydrogens is 323 g/mol. The third-order valence-corrected chi connectivity index (χ3v) is 4.22. The third-order valence-electron chi connectivity index (χ3n) is 4.22. The smallest absolute Gasteiger partial charge is 0.326 e. The van der Waals surface area contributed by atoms with E-state index in [9.17, 15) is 18.8 Å². The van der Waals surface area contributed by atoms with Crippen LogP contribution in [-0.4, -0.2) is 23.6 Å². The fourth-order valence-corrected chi connectivity index (χ4v) is 2.71. The Morgan fingerprint density at radius 3 is 2.24 bits per heavy atom.